The van der Waals surface area contributed by atoms with Gasteiger partial charge in [-0.2, -0.15) is 5.10 Å². The van der Waals surface area contributed by atoms with Crippen LogP contribution in [0.25, 0.3) is 0 Å². The Hall–Kier alpha value is -0.870. The van der Waals surface area contributed by atoms with Crippen LogP contribution in [-0.2, 0) is 13.6 Å². The van der Waals surface area contributed by atoms with E-state index in [4.69, 9.17) is 0 Å². The van der Waals surface area contributed by atoms with Crippen molar-refractivity contribution in [3.8, 4) is 0 Å². The maximum atomic E-state index is 4.23. The number of hydrogen-bond acceptors (Lipinski definition) is 3. The molecule has 1 N–H and O–H groups in total. The topological polar surface area (TPSA) is 33.1 Å². The van der Waals surface area contributed by atoms with Gasteiger partial charge in [0.2, 0.25) is 0 Å². The molecule has 0 spiro atoms. The first-order chi connectivity index (χ1) is 8.78. The van der Waals surface area contributed by atoms with Crippen molar-refractivity contribution in [2.45, 2.75) is 32.7 Å². The summed E-state index contributed by atoms with van der Waals surface area (Å²) in [5.41, 5.74) is 1.33. The third kappa shape index (κ3) is 4.10. The summed E-state index contributed by atoms with van der Waals surface area (Å²) in [6, 6.07) is 0. The number of aromatic nitrogens is 2. The van der Waals surface area contributed by atoms with Crippen LogP contribution < -0.4 is 5.32 Å². The van der Waals surface area contributed by atoms with Gasteiger partial charge in [0.1, 0.15) is 0 Å². The predicted molar refractivity (Wildman–Crippen MR) is 74.4 cm³/mol. The molecule has 0 unspecified atom stereocenters. The molecule has 1 aromatic rings. The largest absolute Gasteiger partial charge is 0.316 e. The first-order valence-electron chi connectivity index (χ1n) is 7.18. The van der Waals surface area contributed by atoms with Gasteiger partial charge in [0.05, 0.1) is 6.20 Å². The molecular formula is C14H26N4. The second-order valence-corrected chi connectivity index (χ2v) is 5.45. The summed E-state index contributed by atoms with van der Waals surface area (Å²) in [5.74, 6) is 0.877. The molecule has 2 heterocycles. The van der Waals surface area contributed by atoms with Gasteiger partial charge in [-0.25, -0.2) is 0 Å². The Bertz CT molecular complexity index is 339. The summed E-state index contributed by atoms with van der Waals surface area (Å²) in [6.45, 7) is 8.11. The van der Waals surface area contributed by atoms with E-state index in [2.05, 4.69) is 28.4 Å². The summed E-state index contributed by atoms with van der Waals surface area (Å²) in [6.07, 6.45) is 8.00. The van der Waals surface area contributed by atoms with E-state index in [1.807, 2.05) is 17.9 Å². The lowest BCUT2D eigenvalue weighted by atomic mass is 9.96. The highest BCUT2D eigenvalue weighted by Crippen LogP contribution is 2.18. The van der Waals surface area contributed by atoms with E-state index in [-0.39, 0.29) is 0 Å². The summed E-state index contributed by atoms with van der Waals surface area (Å²) < 4.78 is 1.89. The van der Waals surface area contributed by atoms with E-state index in [0.29, 0.717) is 0 Å². The van der Waals surface area contributed by atoms with Crippen molar-refractivity contribution in [1.82, 2.24) is 20.0 Å². The number of hydrogen-bond donors (Lipinski definition) is 1. The summed E-state index contributed by atoms with van der Waals surface area (Å²) in [7, 11) is 1.98. The molecule has 0 bridgehead atoms. The lowest BCUT2D eigenvalue weighted by molar-refractivity contribution is 0.175. The Balaban J connectivity index is 1.67. The zero-order valence-electron chi connectivity index (χ0n) is 11.7. The Morgan fingerprint density at radius 3 is 2.78 bits per heavy atom. The standard InChI is InChI=1S/C14H26N4/c1-3-6-15-9-13-4-7-18(8-5-13)12-14-10-16-17(2)11-14/h10-11,13,15H,3-9,12H2,1-2H3. The molecule has 102 valence electrons. The fraction of sp³-hybridized carbons (Fsp3) is 0.786. The monoisotopic (exact) mass is 250 g/mol. The van der Waals surface area contributed by atoms with Gasteiger partial charge < -0.3 is 5.32 Å². The average Bonchev–Trinajstić information content (AvgIpc) is 2.77. The Morgan fingerprint density at radius 2 is 2.17 bits per heavy atom. The van der Waals surface area contributed by atoms with Gasteiger partial charge in [-0.15, -0.1) is 0 Å². The van der Waals surface area contributed by atoms with Gasteiger partial charge in [0, 0.05) is 25.4 Å². The van der Waals surface area contributed by atoms with Crippen LogP contribution in [0.1, 0.15) is 31.7 Å². The molecule has 2 rings (SSSR count). The van der Waals surface area contributed by atoms with Gasteiger partial charge in [-0.1, -0.05) is 6.92 Å². The van der Waals surface area contributed by atoms with Gasteiger partial charge in [0.15, 0.2) is 0 Å². The number of nitrogens with zero attached hydrogens (tertiary/aromatic N) is 3. The Kier molecular flexibility index (Phi) is 5.20. The van der Waals surface area contributed by atoms with E-state index in [1.54, 1.807) is 0 Å². The summed E-state index contributed by atoms with van der Waals surface area (Å²) in [4.78, 5) is 2.55. The summed E-state index contributed by atoms with van der Waals surface area (Å²) in [5, 5.41) is 7.77. The van der Waals surface area contributed by atoms with E-state index in [9.17, 15) is 0 Å². The number of likely N-dealkylation sites (tertiary alicyclic amines) is 1. The highest BCUT2D eigenvalue weighted by atomic mass is 15.2. The normalized spacial score (nSPS) is 18.3. The third-order valence-corrected chi connectivity index (χ3v) is 3.73. The lowest BCUT2D eigenvalue weighted by Crippen LogP contribution is -2.37. The van der Waals surface area contributed by atoms with Crippen molar-refractivity contribution in [2.24, 2.45) is 13.0 Å². The maximum Gasteiger partial charge on any atom is 0.0534 e. The fourth-order valence-corrected chi connectivity index (χ4v) is 2.64. The second-order valence-electron chi connectivity index (χ2n) is 5.45. The van der Waals surface area contributed by atoms with Gasteiger partial charge >= 0.3 is 0 Å². The molecule has 4 heteroatoms. The zero-order valence-corrected chi connectivity index (χ0v) is 11.7. The molecule has 0 amide bonds. The third-order valence-electron chi connectivity index (χ3n) is 3.73. The van der Waals surface area contributed by atoms with Gasteiger partial charge in [-0.3, -0.25) is 9.58 Å². The van der Waals surface area contributed by atoms with Crippen LogP contribution in [0.4, 0.5) is 0 Å². The average molecular weight is 250 g/mol. The Labute approximate surface area is 110 Å². The summed E-state index contributed by atoms with van der Waals surface area (Å²) >= 11 is 0. The molecule has 1 aromatic heterocycles. The molecule has 0 aliphatic carbocycles. The van der Waals surface area contributed by atoms with E-state index < -0.39 is 0 Å². The quantitative estimate of drug-likeness (QED) is 0.779. The minimum atomic E-state index is 0.877. The molecule has 1 fully saturated rings. The highest BCUT2D eigenvalue weighted by molar-refractivity contribution is 5.03. The SMILES string of the molecule is CCCNCC1CCN(Cc2cnn(C)c2)CC1. The van der Waals surface area contributed by atoms with E-state index in [1.165, 1.54) is 44.5 Å². The van der Waals surface area contributed by atoms with Crippen LogP contribution in [0.2, 0.25) is 0 Å². The molecule has 4 nitrogen and oxygen atoms in total. The molecule has 1 aliphatic rings. The van der Waals surface area contributed by atoms with Crippen LogP contribution in [0.15, 0.2) is 12.4 Å². The van der Waals surface area contributed by atoms with Crippen molar-refractivity contribution in [1.29, 1.82) is 0 Å². The van der Waals surface area contributed by atoms with Crippen LogP contribution in [-0.4, -0.2) is 40.9 Å². The van der Waals surface area contributed by atoms with Gasteiger partial charge in [0.25, 0.3) is 0 Å². The molecular weight excluding hydrogens is 224 g/mol. The van der Waals surface area contributed by atoms with Crippen molar-refractivity contribution in [3.05, 3.63) is 18.0 Å². The molecule has 0 radical (unpaired) electrons. The minimum Gasteiger partial charge on any atom is -0.316 e. The molecule has 1 saturated heterocycles. The van der Waals surface area contributed by atoms with Crippen molar-refractivity contribution >= 4 is 0 Å². The number of nitrogens with one attached hydrogen (secondary N) is 1. The second kappa shape index (κ2) is 6.90. The van der Waals surface area contributed by atoms with Crippen LogP contribution >= 0.6 is 0 Å². The number of piperidine rings is 1. The molecule has 0 atom stereocenters. The highest BCUT2D eigenvalue weighted by Gasteiger charge is 2.18. The van der Waals surface area contributed by atoms with Crippen molar-refractivity contribution in [2.75, 3.05) is 26.2 Å². The maximum absolute atomic E-state index is 4.23. The molecule has 0 aromatic carbocycles. The lowest BCUT2D eigenvalue weighted by Gasteiger charge is -2.31. The van der Waals surface area contributed by atoms with Crippen molar-refractivity contribution < 1.29 is 0 Å². The zero-order chi connectivity index (χ0) is 12.8. The fourth-order valence-electron chi connectivity index (χ4n) is 2.64. The minimum absolute atomic E-state index is 0.877. The smallest absolute Gasteiger partial charge is 0.0534 e. The first-order valence-corrected chi connectivity index (χ1v) is 7.18. The van der Waals surface area contributed by atoms with Gasteiger partial charge in [-0.05, 0) is 51.4 Å². The van der Waals surface area contributed by atoms with E-state index in [0.717, 1.165) is 19.0 Å². The van der Waals surface area contributed by atoms with Crippen molar-refractivity contribution in [3.63, 3.8) is 0 Å². The predicted octanol–water partition coefficient (Wildman–Crippen LogP) is 1.63. The molecule has 18 heavy (non-hydrogen) atoms. The molecule has 1 aliphatic heterocycles. The number of aryl methyl sites for hydroxylation is 1. The Morgan fingerprint density at radius 1 is 1.39 bits per heavy atom. The first kappa shape index (κ1) is 13.6. The van der Waals surface area contributed by atoms with E-state index >= 15 is 0 Å². The van der Waals surface area contributed by atoms with Crippen LogP contribution in [0.5, 0.6) is 0 Å². The van der Waals surface area contributed by atoms with Crippen LogP contribution in [0, 0.1) is 5.92 Å². The van der Waals surface area contributed by atoms with Crippen LogP contribution in [0.3, 0.4) is 0 Å². The molecule has 0 saturated carbocycles. The number of rotatable bonds is 6.